The molecule has 3 heteroatoms. The molecule has 18 heavy (non-hydrogen) atoms. The van der Waals surface area contributed by atoms with Crippen molar-refractivity contribution >= 4 is 11.6 Å². The summed E-state index contributed by atoms with van der Waals surface area (Å²) in [5.74, 6) is 1.12. The predicted molar refractivity (Wildman–Crippen MR) is 73.2 cm³/mol. The number of carbonyl (C=O) groups is 1. The first-order valence-electron chi connectivity index (χ1n) is 6.73. The molecule has 1 aliphatic heterocycles. The maximum absolute atomic E-state index is 12.2. The number of nitrogens with zero attached hydrogens (tertiary/aromatic N) is 1. The molecule has 2 rings (SSSR count). The highest BCUT2D eigenvalue weighted by molar-refractivity contribution is 5.94. The lowest BCUT2D eigenvalue weighted by Crippen LogP contribution is -2.35. The summed E-state index contributed by atoms with van der Waals surface area (Å²) in [5, 5.41) is 0. The van der Waals surface area contributed by atoms with Crippen LogP contribution >= 0.6 is 0 Å². The van der Waals surface area contributed by atoms with Crippen molar-refractivity contribution in [1.29, 1.82) is 0 Å². The van der Waals surface area contributed by atoms with Gasteiger partial charge in [-0.3, -0.25) is 4.79 Å². The van der Waals surface area contributed by atoms with Crippen LogP contribution in [-0.2, 0) is 11.2 Å². The Morgan fingerprint density at radius 1 is 1.44 bits per heavy atom. The van der Waals surface area contributed by atoms with Crippen LogP contribution in [0.2, 0.25) is 0 Å². The number of unbranched alkanes of at least 4 members (excludes halogenated alkanes) is 1. The quantitative estimate of drug-likeness (QED) is 0.818. The lowest BCUT2D eigenvalue weighted by Gasteiger charge is -2.29. The Hall–Kier alpha value is -1.51. The topological polar surface area (TPSA) is 29.5 Å². The van der Waals surface area contributed by atoms with E-state index < -0.39 is 0 Å². The molecule has 0 aliphatic carbocycles. The largest absolute Gasteiger partial charge is 0.497 e. The number of rotatable bonds is 4. The normalized spacial score (nSPS) is 14.2. The van der Waals surface area contributed by atoms with Gasteiger partial charge in [-0.05, 0) is 43.0 Å². The van der Waals surface area contributed by atoms with Crippen LogP contribution < -0.4 is 9.64 Å². The first kappa shape index (κ1) is 12.9. The average Bonchev–Trinajstić information content (AvgIpc) is 2.43. The van der Waals surface area contributed by atoms with Gasteiger partial charge in [-0.1, -0.05) is 13.3 Å². The molecule has 0 N–H and O–H groups in total. The van der Waals surface area contributed by atoms with Crippen molar-refractivity contribution < 1.29 is 9.53 Å². The van der Waals surface area contributed by atoms with E-state index in [1.54, 1.807) is 7.11 Å². The van der Waals surface area contributed by atoms with E-state index in [0.717, 1.165) is 43.7 Å². The van der Waals surface area contributed by atoms with Crippen molar-refractivity contribution in [3.05, 3.63) is 23.8 Å². The van der Waals surface area contributed by atoms with Gasteiger partial charge in [0.15, 0.2) is 0 Å². The lowest BCUT2D eigenvalue weighted by molar-refractivity contribution is -0.118. The summed E-state index contributed by atoms with van der Waals surface area (Å²) in [7, 11) is 1.68. The number of carbonyl (C=O) groups excluding carboxylic acids is 1. The average molecular weight is 247 g/mol. The van der Waals surface area contributed by atoms with E-state index >= 15 is 0 Å². The van der Waals surface area contributed by atoms with Crippen LogP contribution in [0, 0.1) is 0 Å². The maximum atomic E-state index is 12.2. The molecule has 0 spiro atoms. The number of aryl methyl sites for hydroxylation is 1. The summed E-state index contributed by atoms with van der Waals surface area (Å²) in [6, 6.07) is 6.00. The summed E-state index contributed by atoms with van der Waals surface area (Å²) >= 11 is 0. The van der Waals surface area contributed by atoms with Crippen molar-refractivity contribution in [2.75, 3.05) is 18.6 Å². The number of methoxy groups -OCH3 is 1. The van der Waals surface area contributed by atoms with E-state index in [4.69, 9.17) is 4.74 Å². The fourth-order valence-electron chi connectivity index (χ4n) is 2.42. The number of hydrogen-bond donors (Lipinski definition) is 0. The molecule has 0 radical (unpaired) electrons. The highest BCUT2D eigenvalue weighted by Gasteiger charge is 2.22. The van der Waals surface area contributed by atoms with Gasteiger partial charge in [0.2, 0.25) is 5.91 Å². The first-order valence-corrected chi connectivity index (χ1v) is 6.73. The van der Waals surface area contributed by atoms with E-state index in [0.29, 0.717) is 6.42 Å². The lowest BCUT2D eigenvalue weighted by atomic mass is 10.0. The highest BCUT2D eigenvalue weighted by atomic mass is 16.5. The van der Waals surface area contributed by atoms with Gasteiger partial charge in [0, 0.05) is 18.7 Å². The highest BCUT2D eigenvalue weighted by Crippen LogP contribution is 2.31. The predicted octanol–water partition coefficient (Wildman–Crippen LogP) is 3.16. The Morgan fingerprint density at radius 2 is 2.28 bits per heavy atom. The molecule has 1 aromatic rings. The Morgan fingerprint density at radius 3 is 3.00 bits per heavy atom. The molecule has 0 atom stereocenters. The van der Waals surface area contributed by atoms with E-state index in [9.17, 15) is 4.79 Å². The second-order valence-electron chi connectivity index (χ2n) is 4.75. The van der Waals surface area contributed by atoms with Crippen molar-refractivity contribution in [3.63, 3.8) is 0 Å². The van der Waals surface area contributed by atoms with Gasteiger partial charge in [0.1, 0.15) is 5.75 Å². The number of hydrogen-bond acceptors (Lipinski definition) is 2. The number of amides is 1. The van der Waals surface area contributed by atoms with Gasteiger partial charge >= 0.3 is 0 Å². The maximum Gasteiger partial charge on any atom is 0.226 e. The van der Waals surface area contributed by atoms with Crippen LogP contribution in [0.3, 0.4) is 0 Å². The molecule has 0 saturated heterocycles. The summed E-state index contributed by atoms with van der Waals surface area (Å²) in [4.78, 5) is 14.1. The Labute approximate surface area is 109 Å². The summed E-state index contributed by atoms with van der Waals surface area (Å²) in [6.45, 7) is 2.96. The molecule has 0 saturated carbocycles. The molecular weight excluding hydrogens is 226 g/mol. The molecule has 0 bridgehead atoms. The number of fused-ring (bicyclic) bond motifs is 1. The summed E-state index contributed by atoms with van der Waals surface area (Å²) < 4.78 is 5.24. The van der Waals surface area contributed by atoms with Crippen LogP contribution in [0.15, 0.2) is 18.2 Å². The van der Waals surface area contributed by atoms with Gasteiger partial charge in [0.25, 0.3) is 0 Å². The van der Waals surface area contributed by atoms with Crippen LogP contribution in [0.1, 0.15) is 38.2 Å². The van der Waals surface area contributed by atoms with Crippen LogP contribution in [-0.4, -0.2) is 19.6 Å². The molecular formula is C15H21NO2. The van der Waals surface area contributed by atoms with E-state index in [1.165, 1.54) is 5.56 Å². The zero-order valence-corrected chi connectivity index (χ0v) is 11.2. The third kappa shape index (κ3) is 2.66. The van der Waals surface area contributed by atoms with Gasteiger partial charge in [-0.2, -0.15) is 0 Å². The smallest absolute Gasteiger partial charge is 0.226 e. The third-order valence-electron chi connectivity index (χ3n) is 3.45. The molecule has 0 aromatic heterocycles. The zero-order chi connectivity index (χ0) is 13.0. The second kappa shape index (κ2) is 5.89. The monoisotopic (exact) mass is 247 g/mol. The van der Waals surface area contributed by atoms with Crippen molar-refractivity contribution in [2.45, 2.75) is 39.0 Å². The first-order chi connectivity index (χ1) is 8.76. The molecule has 1 heterocycles. The van der Waals surface area contributed by atoms with E-state index in [1.807, 2.05) is 17.0 Å². The minimum atomic E-state index is 0.253. The fourth-order valence-corrected chi connectivity index (χ4v) is 2.42. The Balaban J connectivity index is 2.19. The molecule has 0 unspecified atom stereocenters. The Bertz CT molecular complexity index is 429. The number of benzene rings is 1. The molecule has 1 amide bonds. The van der Waals surface area contributed by atoms with Crippen LogP contribution in [0.25, 0.3) is 0 Å². The molecule has 1 aliphatic rings. The zero-order valence-electron chi connectivity index (χ0n) is 11.2. The minimum Gasteiger partial charge on any atom is -0.497 e. The minimum absolute atomic E-state index is 0.253. The molecule has 3 nitrogen and oxygen atoms in total. The Kier molecular flexibility index (Phi) is 4.24. The number of ether oxygens (including phenoxy) is 1. The fraction of sp³-hybridized carbons (Fsp3) is 0.533. The van der Waals surface area contributed by atoms with Crippen molar-refractivity contribution in [2.24, 2.45) is 0 Å². The van der Waals surface area contributed by atoms with Crippen molar-refractivity contribution in [1.82, 2.24) is 0 Å². The number of anilines is 1. The van der Waals surface area contributed by atoms with Crippen molar-refractivity contribution in [3.8, 4) is 5.75 Å². The third-order valence-corrected chi connectivity index (χ3v) is 3.45. The van der Waals surface area contributed by atoms with Gasteiger partial charge in [0.05, 0.1) is 7.11 Å². The standard InChI is InChI=1S/C15H21NO2/c1-3-4-7-15(17)16-10-5-6-12-11-13(18-2)8-9-14(12)16/h8-9,11H,3-7,10H2,1-2H3. The van der Waals surface area contributed by atoms with Crippen LogP contribution in [0.4, 0.5) is 5.69 Å². The van der Waals surface area contributed by atoms with Gasteiger partial charge in [-0.25, -0.2) is 0 Å². The summed E-state index contributed by atoms with van der Waals surface area (Å²) in [6.07, 6.45) is 4.76. The van der Waals surface area contributed by atoms with Gasteiger partial charge in [-0.15, -0.1) is 0 Å². The molecule has 1 aromatic carbocycles. The summed E-state index contributed by atoms with van der Waals surface area (Å²) in [5.41, 5.74) is 2.30. The van der Waals surface area contributed by atoms with Gasteiger partial charge < -0.3 is 9.64 Å². The van der Waals surface area contributed by atoms with Crippen LogP contribution in [0.5, 0.6) is 5.75 Å². The SMILES string of the molecule is CCCCC(=O)N1CCCc2cc(OC)ccc21. The second-order valence-corrected chi connectivity index (χ2v) is 4.75. The molecule has 0 fully saturated rings. The van der Waals surface area contributed by atoms with E-state index in [2.05, 4.69) is 13.0 Å². The van der Waals surface area contributed by atoms with E-state index in [-0.39, 0.29) is 5.91 Å². The molecule has 98 valence electrons.